The van der Waals surface area contributed by atoms with Crippen LogP contribution in [0, 0.1) is 13.8 Å². The van der Waals surface area contributed by atoms with Crippen LogP contribution in [0.15, 0.2) is 35.8 Å². The predicted octanol–water partition coefficient (Wildman–Crippen LogP) is 1.65. The number of hydrogen-bond acceptors (Lipinski definition) is 3. The van der Waals surface area contributed by atoms with Crippen LogP contribution in [0.4, 0.5) is 5.69 Å². The summed E-state index contributed by atoms with van der Waals surface area (Å²) in [5, 5.41) is 3.28. The van der Waals surface area contributed by atoms with Crippen molar-refractivity contribution in [3.8, 4) is 0 Å². The molecule has 0 aliphatic carbocycles. The molecule has 0 aromatic heterocycles. The van der Waals surface area contributed by atoms with Crippen molar-refractivity contribution in [1.82, 2.24) is 15.1 Å². The highest BCUT2D eigenvalue weighted by atomic mass is 16.2. The fraction of sp³-hybridized carbons (Fsp3) is 0.500. The smallest absolute Gasteiger partial charge is 0.243 e. The number of hydrogen-bond donors (Lipinski definition) is 1. The van der Waals surface area contributed by atoms with Crippen LogP contribution in [0.25, 0.3) is 0 Å². The first-order chi connectivity index (χ1) is 12.4. The molecule has 1 aromatic carbocycles. The molecule has 0 saturated carbocycles. The van der Waals surface area contributed by atoms with Gasteiger partial charge in [-0.2, -0.15) is 0 Å². The fourth-order valence-electron chi connectivity index (χ4n) is 2.95. The quantitative estimate of drug-likeness (QED) is 0.495. The second kappa shape index (κ2) is 9.27. The van der Waals surface area contributed by atoms with Crippen LogP contribution in [0.1, 0.15) is 11.1 Å². The van der Waals surface area contributed by atoms with Crippen molar-refractivity contribution < 1.29 is 4.79 Å². The molecule has 6 nitrogen and oxygen atoms in total. The highest BCUT2D eigenvalue weighted by molar-refractivity contribution is 5.85. The molecule has 1 amide bonds. The van der Waals surface area contributed by atoms with Crippen molar-refractivity contribution in [2.75, 3.05) is 58.3 Å². The summed E-state index contributed by atoms with van der Waals surface area (Å²) in [6.45, 7) is 12.5. The van der Waals surface area contributed by atoms with Gasteiger partial charge in [0.25, 0.3) is 0 Å². The molecule has 6 heteroatoms. The Hall–Kier alpha value is -2.50. The molecule has 1 heterocycles. The third-order valence-electron chi connectivity index (χ3n) is 4.76. The maximum atomic E-state index is 11.9. The minimum Gasteiger partial charge on any atom is -0.368 e. The average Bonchev–Trinajstić information content (AvgIpc) is 2.64. The van der Waals surface area contributed by atoms with Gasteiger partial charge >= 0.3 is 0 Å². The van der Waals surface area contributed by atoms with Crippen molar-refractivity contribution in [3.05, 3.63) is 42.0 Å². The first kappa shape index (κ1) is 19.8. The van der Waals surface area contributed by atoms with E-state index >= 15 is 0 Å². The van der Waals surface area contributed by atoms with Gasteiger partial charge in [-0.3, -0.25) is 4.79 Å². The largest absolute Gasteiger partial charge is 0.368 e. The minimum absolute atomic E-state index is 0.00285. The van der Waals surface area contributed by atoms with Gasteiger partial charge < -0.3 is 20.0 Å². The molecule has 0 atom stereocenters. The number of aliphatic imine (C=N–C) groups is 1. The van der Waals surface area contributed by atoms with Crippen LogP contribution < -0.4 is 10.2 Å². The number of carbonyl (C=O) groups is 1. The lowest BCUT2D eigenvalue weighted by Gasteiger charge is -2.38. The molecule has 1 N–H and O–H groups in total. The second-order valence-electron chi connectivity index (χ2n) is 6.79. The molecule has 1 fully saturated rings. The molecule has 0 radical (unpaired) electrons. The van der Waals surface area contributed by atoms with Crippen LogP contribution in [-0.2, 0) is 4.79 Å². The Kier molecular flexibility index (Phi) is 7.06. The van der Waals surface area contributed by atoms with Crippen molar-refractivity contribution in [2.24, 2.45) is 4.99 Å². The molecule has 1 aromatic rings. The highest BCUT2D eigenvalue weighted by Gasteiger charge is 2.21. The molecular weight excluding hydrogens is 326 g/mol. The van der Waals surface area contributed by atoms with Gasteiger partial charge in [0.2, 0.25) is 5.91 Å². The number of amides is 1. The average molecular weight is 358 g/mol. The summed E-state index contributed by atoms with van der Waals surface area (Å²) in [5.74, 6) is 0.776. The molecule has 1 saturated heterocycles. The maximum Gasteiger partial charge on any atom is 0.243 e. The number of carbonyl (C=O) groups excluding carboxylic acids is 1. The summed E-state index contributed by atoms with van der Waals surface area (Å²) in [5.41, 5.74) is 3.98. The number of guanidine groups is 1. The van der Waals surface area contributed by atoms with E-state index in [4.69, 9.17) is 0 Å². The van der Waals surface area contributed by atoms with E-state index in [2.05, 4.69) is 58.7 Å². The Balaban J connectivity index is 2.04. The maximum absolute atomic E-state index is 11.9. The van der Waals surface area contributed by atoms with Gasteiger partial charge in [-0.25, -0.2) is 4.99 Å². The van der Waals surface area contributed by atoms with Crippen LogP contribution in [0.2, 0.25) is 0 Å². The number of likely N-dealkylation sites (N-methyl/N-ethyl adjacent to an activating group) is 1. The van der Waals surface area contributed by atoms with Crippen molar-refractivity contribution >= 4 is 17.6 Å². The SMILES string of the molecule is C=CCNC(=NCC(=O)N(C)C)N1CCN(c2cccc(C)c2C)CC1. The Labute approximate surface area is 157 Å². The van der Waals surface area contributed by atoms with Crippen LogP contribution in [0.5, 0.6) is 0 Å². The number of piperazine rings is 1. The number of nitrogens with one attached hydrogen (secondary N) is 1. The summed E-state index contributed by atoms with van der Waals surface area (Å²) >= 11 is 0. The molecule has 0 spiro atoms. The Bertz CT molecular complexity index is 660. The van der Waals surface area contributed by atoms with Crippen molar-refractivity contribution in [2.45, 2.75) is 13.8 Å². The van der Waals surface area contributed by atoms with E-state index in [1.165, 1.54) is 16.8 Å². The van der Waals surface area contributed by atoms with Crippen LogP contribution >= 0.6 is 0 Å². The summed E-state index contributed by atoms with van der Waals surface area (Å²) in [7, 11) is 3.50. The Morgan fingerprint density at radius 3 is 2.58 bits per heavy atom. The lowest BCUT2D eigenvalue weighted by Crippen LogP contribution is -2.53. The normalized spacial score (nSPS) is 15.0. The van der Waals surface area contributed by atoms with Gasteiger partial charge in [-0.05, 0) is 31.0 Å². The molecule has 1 aliphatic heterocycles. The molecular formula is C20H31N5O. The number of aryl methyl sites for hydroxylation is 1. The monoisotopic (exact) mass is 357 g/mol. The van der Waals surface area contributed by atoms with E-state index in [1.54, 1.807) is 25.1 Å². The van der Waals surface area contributed by atoms with Crippen LogP contribution in [0.3, 0.4) is 0 Å². The number of nitrogens with zero attached hydrogens (tertiary/aromatic N) is 4. The number of anilines is 1. The van der Waals surface area contributed by atoms with E-state index in [-0.39, 0.29) is 12.5 Å². The van der Waals surface area contributed by atoms with Crippen molar-refractivity contribution in [1.29, 1.82) is 0 Å². The van der Waals surface area contributed by atoms with Crippen LogP contribution in [-0.4, -0.2) is 75.0 Å². The zero-order chi connectivity index (χ0) is 19.1. The highest BCUT2D eigenvalue weighted by Crippen LogP contribution is 2.23. The van der Waals surface area contributed by atoms with Crippen molar-refractivity contribution in [3.63, 3.8) is 0 Å². The lowest BCUT2D eigenvalue weighted by molar-refractivity contribution is -0.127. The van der Waals surface area contributed by atoms with Gasteiger partial charge in [0.15, 0.2) is 5.96 Å². The van der Waals surface area contributed by atoms with Gasteiger partial charge in [-0.1, -0.05) is 18.2 Å². The number of benzene rings is 1. The summed E-state index contributed by atoms with van der Waals surface area (Å²) in [6.07, 6.45) is 1.80. The van der Waals surface area contributed by atoms with E-state index in [0.717, 1.165) is 32.1 Å². The predicted molar refractivity (Wildman–Crippen MR) is 109 cm³/mol. The zero-order valence-corrected chi connectivity index (χ0v) is 16.5. The van der Waals surface area contributed by atoms with Gasteiger partial charge in [-0.15, -0.1) is 6.58 Å². The van der Waals surface area contributed by atoms with Gasteiger partial charge in [0.05, 0.1) is 0 Å². The van der Waals surface area contributed by atoms with E-state index in [9.17, 15) is 4.79 Å². The second-order valence-corrected chi connectivity index (χ2v) is 6.79. The van der Waals surface area contributed by atoms with E-state index in [0.29, 0.717) is 6.54 Å². The third kappa shape index (κ3) is 5.00. The van der Waals surface area contributed by atoms with Gasteiger partial charge in [0.1, 0.15) is 6.54 Å². The molecule has 26 heavy (non-hydrogen) atoms. The fourth-order valence-corrected chi connectivity index (χ4v) is 2.95. The molecule has 0 unspecified atom stereocenters. The molecule has 1 aliphatic rings. The molecule has 142 valence electrons. The first-order valence-corrected chi connectivity index (χ1v) is 9.09. The molecule has 2 rings (SSSR count). The van der Waals surface area contributed by atoms with Gasteiger partial charge in [0, 0.05) is 52.5 Å². The Morgan fingerprint density at radius 1 is 1.27 bits per heavy atom. The Morgan fingerprint density at radius 2 is 1.96 bits per heavy atom. The summed E-state index contributed by atoms with van der Waals surface area (Å²) in [6, 6.07) is 6.47. The minimum atomic E-state index is -0.00285. The summed E-state index contributed by atoms with van der Waals surface area (Å²) in [4.78, 5) is 22.6. The lowest BCUT2D eigenvalue weighted by atomic mass is 10.1. The van der Waals surface area contributed by atoms with E-state index < -0.39 is 0 Å². The first-order valence-electron chi connectivity index (χ1n) is 9.09. The topological polar surface area (TPSA) is 51.2 Å². The zero-order valence-electron chi connectivity index (χ0n) is 16.5. The van der Waals surface area contributed by atoms with E-state index in [1.807, 2.05) is 0 Å². The standard InChI is InChI=1S/C20H31N5O/c1-6-10-21-20(22-15-19(26)23(4)5)25-13-11-24(12-14-25)18-9-7-8-16(2)17(18)3/h6-9H,1,10-15H2,2-5H3,(H,21,22). The molecule has 0 bridgehead atoms. The number of rotatable bonds is 5. The third-order valence-corrected chi connectivity index (χ3v) is 4.76. The summed E-state index contributed by atoms with van der Waals surface area (Å²) < 4.78 is 0.